The molecule has 0 saturated carbocycles. The summed E-state index contributed by atoms with van der Waals surface area (Å²) in [5.41, 5.74) is 6.14. The monoisotopic (exact) mass is 335 g/mol. The lowest BCUT2D eigenvalue weighted by Crippen LogP contribution is -2.18. The minimum atomic E-state index is -3.66. The molecule has 0 radical (unpaired) electrons. The van der Waals surface area contributed by atoms with Crippen molar-refractivity contribution in [1.82, 2.24) is 9.78 Å². The number of nitrogens with one attached hydrogen (secondary N) is 1. The molecule has 0 atom stereocenters. The Kier molecular flexibility index (Phi) is 4.57. The maximum atomic E-state index is 13.0. The molecular formula is C17H25N3O2S. The summed E-state index contributed by atoms with van der Waals surface area (Å²) < 4.78 is 30.4. The molecule has 1 aromatic heterocycles. The van der Waals surface area contributed by atoms with Gasteiger partial charge in [0.2, 0.25) is 0 Å². The van der Waals surface area contributed by atoms with Crippen molar-refractivity contribution in [2.75, 3.05) is 4.72 Å². The summed E-state index contributed by atoms with van der Waals surface area (Å²) in [6, 6.07) is 0. The molecule has 0 spiro atoms. The van der Waals surface area contributed by atoms with E-state index in [-0.39, 0.29) is 0 Å². The first-order valence-electron chi connectivity index (χ1n) is 7.74. The summed E-state index contributed by atoms with van der Waals surface area (Å²) in [5, 5.41) is 4.20. The molecule has 1 aromatic carbocycles. The quantitative estimate of drug-likeness (QED) is 0.929. The fourth-order valence-electron chi connectivity index (χ4n) is 2.93. The minimum Gasteiger partial charge on any atom is -0.276 e. The van der Waals surface area contributed by atoms with E-state index in [0.717, 1.165) is 33.5 Å². The Morgan fingerprint density at radius 1 is 0.957 bits per heavy atom. The van der Waals surface area contributed by atoms with E-state index >= 15 is 0 Å². The molecule has 0 bridgehead atoms. The molecule has 0 aliphatic heterocycles. The van der Waals surface area contributed by atoms with Gasteiger partial charge in [-0.15, -0.1) is 0 Å². The van der Waals surface area contributed by atoms with E-state index in [2.05, 4.69) is 9.82 Å². The van der Waals surface area contributed by atoms with Crippen LogP contribution in [-0.4, -0.2) is 18.2 Å². The molecular weight excluding hydrogens is 310 g/mol. The molecule has 1 heterocycles. The van der Waals surface area contributed by atoms with Crippen molar-refractivity contribution < 1.29 is 8.42 Å². The number of anilines is 1. The van der Waals surface area contributed by atoms with Crippen molar-refractivity contribution in [1.29, 1.82) is 0 Å². The van der Waals surface area contributed by atoms with E-state index in [1.807, 2.05) is 48.5 Å². The van der Waals surface area contributed by atoms with E-state index in [0.29, 0.717) is 17.1 Å². The molecule has 23 heavy (non-hydrogen) atoms. The second-order valence-electron chi connectivity index (χ2n) is 6.02. The van der Waals surface area contributed by atoms with Gasteiger partial charge in [0.25, 0.3) is 10.0 Å². The molecule has 0 aliphatic carbocycles. The van der Waals surface area contributed by atoms with Crippen molar-refractivity contribution in [2.45, 2.75) is 59.9 Å². The minimum absolute atomic E-state index is 0.377. The van der Waals surface area contributed by atoms with E-state index in [1.165, 1.54) is 0 Å². The van der Waals surface area contributed by atoms with Gasteiger partial charge in [0, 0.05) is 6.54 Å². The zero-order valence-corrected chi connectivity index (χ0v) is 15.7. The average molecular weight is 335 g/mol. The van der Waals surface area contributed by atoms with E-state index < -0.39 is 10.0 Å². The zero-order valence-electron chi connectivity index (χ0n) is 14.9. The summed E-state index contributed by atoms with van der Waals surface area (Å²) in [6.07, 6.45) is 1.56. The molecule has 1 N–H and O–H groups in total. The van der Waals surface area contributed by atoms with Crippen LogP contribution in [0.5, 0.6) is 0 Å². The molecule has 0 aliphatic rings. The molecule has 2 aromatic rings. The molecule has 6 heteroatoms. The summed E-state index contributed by atoms with van der Waals surface area (Å²) in [6.45, 7) is 14.2. The van der Waals surface area contributed by atoms with Crippen molar-refractivity contribution in [3.8, 4) is 0 Å². The van der Waals surface area contributed by atoms with E-state index in [4.69, 9.17) is 0 Å². The Balaban J connectivity index is 2.59. The molecule has 126 valence electrons. The van der Waals surface area contributed by atoms with Gasteiger partial charge in [0.15, 0.2) is 0 Å². The van der Waals surface area contributed by atoms with Gasteiger partial charge in [-0.1, -0.05) is 0 Å². The fourth-order valence-corrected chi connectivity index (χ4v) is 4.63. The molecule has 0 unspecified atom stereocenters. The van der Waals surface area contributed by atoms with E-state index in [1.54, 1.807) is 10.9 Å². The van der Waals surface area contributed by atoms with E-state index in [9.17, 15) is 8.42 Å². The normalized spacial score (nSPS) is 11.8. The first-order chi connectivity index (χ1) is 10.6. The number of hydrogen-bond donors (Lipinski definition) is 1. The van der Waals surface area contributed by atoms with Gasteiger partial charge in [-0.05, 0) is 76.3 Å². The molecule has 0 fully saturated rings. The van der Waals surface area contributed by atoms with Crippen LogP contribution in [-0.2, 0) is 16.6 Å². The van der Waals surface area contributed by atoms with Gasteiger partial charge in [-0.2, -0.15) is 5.10 Å². The van der Waals surface area contributed by atoms with Gasteiger partial charge in [-0.3, -0.25) is 9.40 Å². The SMILES string of the molecule is CCn1ncc(NS(=O)(=O)c2c(C)c(C)c(C)c(C)c2C)c1C. The van der Waals surface area contributed by atoms with Crippen molar-refractivity contribution in [2.24, 2.45) is 0 Å². The third kappa shape index (κ3) is 2.87. The molecule has 0 amide bonds. The Labute approximate surface area is 138 Å². The summed E-state index contributed by atoms with van der Waals surface area (Å²) in [4.78, 5) is 0.377. The van der Waals surface area contributed by atoms with Gasteiger partial charge < -0.3 is 0 Å². The standard InChI is InChI=1S/C17H25N3O2S/c1-8-20-15(7)16(9-18-20)19-23(21,22)17-13(5)11(3)10(2)12(4)14(17)6/h9,19H,8H2,1-7H3. The third-order valence-corrected chi connectivity index (χ3v) is 6.49. The summed E-state index contributed by atoms with van der Waals surface area (Å²) in [7, 11) is -3.66. The van der Waals surface area contributed by atoms with Crippen LogP contribution in [0.2, 0.25) is 0 Å². The first-order valence-corrected chi connectivity index (χ1v) is 9.22. The van der Waals surface area contributed by atoms with Crippen LogP contribution in [0.4, 0.5) is 5.69 Å². The number of aryl methyl sites for hydroxylation is 1. The second-order valence-corrected chi connectivity index (χ2v) is 7.64. The number of nitrogens with zero attached hydrogens (tertiary/aromatic N) is 2. The summed E-state index contributed by atoms with van der Waals surface area (Å²) in [5.74, 6) is 0. The van der Waals surface area contributed by atoms with Gasteiger partial charge >= 0.3 is 0 Å². The average Bonchev–Trinajstić information content (AvgIpc) is 2.83. The highest BCUT2D eigenvalue weighted by molar-refractivity contribution is 7.92. The van der Waals surface area contributed by atoms with Crippen LogP contribution in [0.15, 0.2) is 11.1 Å². The van der Waals surface area contributed by atoms with Crippen LogP contribution in [0, 0.1) is 41.5 Å². The number of benzene rings is 1. The van der Waals surface area contributed by atoms with Crippen LogP contribution in [0.25, 0.3) is 0 Å². The van der Waals surface area contributed by atoms with Crippen LogP contribution < -0.4 is 4.72 Å². The number of sulfonamides is 1. The lowest BCUT2D eigenvalue weighted by atomic mass is 9.95. The number of aromatic nitrogens is 2. The number of rotatable bonds is 4. The maximum absolute atomic E-state index is 13.0. The van der Waals surface area contributed by atoms with Crippen LogP contribution >= 0.6 is 0 Å². The summed E-state index contributed by atoms with van der Waals surface area (Å²) >= 11 is 0. The molecule has 0 saturated heterocycles. The van der Waals surface area contributed by atoms with Crippen LogP contribution in [0.3, 0.4) is 0 Å². The Hall–Kier alpha value is -1.82. The third-order valence-electron chi connectivity index (χ3n) is 4.85. The van der Waals surface area contributed by atoms with Gasteiger partial charge in [0.05, 0.1) is 22.5 Å². The highest BCUT2D eigenvalue weighted by atomic mass is 32.2. The molecule has 5 nitrogen and oxygen atoms in total. The Morgan fingerprint density at radius 3 is 1.87 bits per heavy atom. The van der Waals surface area contributed by atoms with Crippen molar-refractivity contribution >= 4 is 15.7 Å². The smallest absolute Gasteiger partial charge is 0.262 e. The predicted octanol–water partition coefficient (Wildman–Crippen LogP) is 3.55. The Bertz CT molecular complexity index is 835. The highest BCUT2D eigenvalue weighted by Crippen LogP contribution is 2.31. The first kappa shape index (κ1) is 17.5. The van der Waals surface area contributed by atoms with Gasteiger partial charge in [0.1, 0.15) is 0 Å². The van der Waals surface area contributed by atoms with Crippen molar-refractivity contribution in [3.05, 3.63) is 39.7 Å². The maximum Gasteiger partial charge on any atom is 0.262 e. The lowest BCUT2D eigenvalue weighted by Gasteiger charge is -2.19. The van der Waals surface area contributed by atoms with Crippen molar-refractivity contribution in [3.63, 3.8) is 0 Å². The van der Waals surface area contributed by atoms with Gasteiger partial charge in [-0.25, -0.2) is 8.42 Å². The largest absolute Gasteiger partial charge is 0.276 e. The number of hydrogen-bond acceptors (Lipinski definition) is 3. The fraction of sp³-hybridized carbons (Fsp3) is 0.471. The molecule has 2 rings (SSSR count). The topological polar surface area (TPSA) is 64.0 Å². The lowest BCUT2D eigenvalue weighted by molar-refractivity contribution is 0.599. The zero-order chi connectivity index (χ0) is 17.5. The predicted molar refractivity (Wildman–Crippen MR) is 93.6 cm³/mol. The highest BCUT2D eigenvalue weighted by Gasteiger charge is 2.24. The van der Waals surface area contributed by atoms with Crippen LogP contribution in [0.1, 0.15) is 40.4 Å². The second kappa shape index (κ2) is 6.00. The Morgan fingerprint density at radius 2 is 1.43 bits per heavy atom.